The minimum Gasteiger partial charge on any atom is -0.341 e. The number of nitrogens with one attached hydrogen (secondary N) is 2. The zero-order valence-corrected chi connectivity index (χ0v) is 10.6. The van der Waals surface area contributed by atoms with Crippen LogP contribution in [0.15, 0.2) is 12.1 Å². The van der Waals surface area contributed by atoms with Gasteiger partial charge in [-0.2, -0.15) is 0 Å². The number of imidazole rings is 1. The molecule has 1 fully saturated rings. The van der Waals surface area contributed by atoms with Crippen LogP contribution in [0.4, 0.5) is 0 Å². The van der Waals surface area contributed by atoms with Crippen molar-refractivity contribution < 1.29 is 0 Å². The summed E-state index contributed by atoms with van der Waals surface area (Å²) < 4.78 is 0. The molecule has 2 heterocycles. The van der Waals surface area contributed by atoms with Crippen LogP contribution in [-0.2, 0) is 0 Å². The summed E-state index contributed by atoms with van der Waals surface area (Å²) >= 11 is 6.11. The maximum absolute atomic E-state index is 6.11. The van der Waals surface area contributed by atoms with Gasteiger partial charge in [0.25, 0.3) is 0 Å². The van der Waals surface area contributed by atoms with Crippen LogP contribution >= 0.6 is 11.6 Å². The molecule has 1 aromatic heterocycles. The van der Waals surface area contributed by atoms with Crippen LogP contribution in [-0.4, -0.2) is 16.5 Å². The monoisotopic (exact) mass is 249 g/mol. The second-order valence-electron chi connectivity index (χ2n) is 4.74. The van der Waals surface area contributed by atoms with E-state index >= 15 is 0 Å². The van der Waals surface area contributed by atoms with Crippen molar-refractivity contribution in [1.29, 1.82) is 0 Å². The molecule has 1 aliphatic rings. The van der Waals surface area contributed by atoms with E-state index in [1.165, 1.54) is 12.8 Å². The average Bonchev–Trinajstić information content (AvgIpc) is 2.74. The molecule has 1 saturated heterocycles. The third-order valence-corrected chi connectivity index (χ3v) is 3.83. The molecule has 0 amide bonds. The average molecular weight is 250 g/mol. The van der Waals surface area contributed by atoms with E-state index in [-0.39, 0.29) is 0 Å². The molecule has 0 bridgehead atoms. The Morgan fingerprint density at radius 1 is 1.35 bits per heavy atom. The number of H-pyrrole nitrogens is 1. The molecular weight excluding hydrogens is 234 g/mol. The number of hydrogen-bond acceptors (Lipinski definition) is 2. The van der Waals surface area contributed by atoms with E-state index in [0.29, 0.717) is 6.04 Å². The number of piperidine rings is 1. The number of hydrogen-bond donors (Lipinski definition) is 2. The molecule has 3 nitrogen and oxygen atoms in total. The summed E-state index contributed by atoms with van der Waals surface area (Å²) in [5.41, 5.74) is 3.13. The molecule has 0 spiro atoms. The Morgan fingerprint density at radius 2 is 2.24 bits per heavy atom. The Balaban J connectivity index is 2.00. The van der Waals surface area contributed by atoms with Gasteiger partial charge in [-0.3, -0.25) is 0 Å². The Bertz CT molecular complexity index is 502. The van der Waals surface area contributed by atoms with Crippen LogP contribution in [0.25, 0.3) is 11.0 Å². The lowest BCUT2D eigenvalue weighted by Crippen LogP contribution is -2.27. The third kappa shape index (κ3) is 2.05. The van der Waals surface area contributed by atoms with Gasteiger partial charge in [0.05, 0.1) is 17.1 Å². The van der Waals surface area contributed by atoms with E-state index in [1.54, 1.807) is 0 Å². The summed E-state index contributed by atoms with van der Waals surface area (Å²) in [6, 6.07) is 4.38. The van der Waals surface area contributed by atoms with Crippen LogP contribution in [0.2, 0.25) is 5.02 Å². The third-order valence-electron chi connectivity index (χ3n) is 3.42. The van der Waals surface area contributed by atoms with E-state index in [4.69, 9.17) is 11.6 Å². The molecule has 3 rings (SSSR count). The van der Waals surface area contributed by atoms with Crippen LogP contribution < -0.4 is 5.32 Å². The maximum atomic E-state index is 6.11. The highest BCUT2D eigenvalue weighted by molar-refractivity contribution is 6.32. The summed E-state index contributed by atoms with van der Waals surface area (Å²) in [4.78, 5) is 8.04. The quantitative estimate of drug-likeness (QED) is 0.814. The molecule has 0 radical (unpaired) electrons. The molecule has 1 unspecified atom stereocenters. The summed E-state index contributed by atoms with van der Waals surface area (Å²) in [6.45, 7) is 3.10. The van der Waals surface area contributed by atoms with Gasteiger partial charge in [-0.1, -0.05) is 18.0 Å². The van der Waals surface area contributed by atoms with Gasteiger partial charge in [-0.15, -0.1) is 0 Å². The molecule has 90 valence electrons. The van der Waals surface area contributed by atoms with Gasteiger partial charge in [0, 0.05) is 5.02 Å². The van der Waals surface area contributed by atoms with Gasteiger partial charge in [0.2, 0.25) is 0 Å². The van der Waals surface area contributed by atoms with E-state index in [1.807, 2.05) is 13.0 Å². The van der Waals surface area contributed by atoms with Crippen molar-refractivity contribution in [2.75, 3.05) is 6.54 Å². The molecule has 2 aromatic rings. The number of fused-ring (bicyclic) bond motifs is 1. The number of nitrogens with zero attached hydrogens (tertiary/aromatic N) is 1. The topological polar surface area (TPSA) is 40.7 Å². The summed E-state index contributed by atoms with van der Waals surface area (Å²) in [5.74, 6) is 1.04. The van der Waals surface area contributed by atoms with E-state index < -0.39 is 0 Å². The summed E-state index contributed by atoms with van der Waals surface area (Å²) in [7, 11) is 0. The van der Waals surface area contributed by atoms with E-state index in [0.717, 1.165) is 40.4 Å². The predicted molar refractivity (Wildman–Crippen MR) is 70.4 cm³/mol. The van der Waals surface area contributed by atoms with Crippen molar-refractivity contribution >= 4 is 22.6 Å². The van der Waals surface area contributed by atoms with E-state index in [2.05, 4.69) is 21.4 Å². The Morgan fingerprint density at radius 3 is 3.00 bits per heavy atom. The minimum absolute atomic E-state index is 0.371. The Labute approximate surface area is 106 Å². The van der Waals surface area contributed by atoms with E-state index in [9.17, 15) is 0 Å². The molecule has 17 heavy (non-hydrogen) atoms. The fourth-order valence-electron chi connectivity index (χ4n) is 2.41. The number of aryl methyl sites for hydroxylation is 1. The Hall–Kier alpha value is -1.06. The largest absolute Gasteiger partial charge is 0.341 e. The van der Waals surface area contributed by atoms with Crippen molar-refractivity contribution in [3.63, 3.8) is 0 Å². The molecular formula is C13H16ClN3. The molecule has 1 aliphatic heterocycles. The smallest absolute Gasteiger partial charge is 0.124 e. The minimum atomic E-state index is 0.371. The first-order valence-corrected chi connectivity index (χ1v) is 6.51. The molecule has 1 atom stereocenters. The van der Waals surface area contributed by atoms with Gasteiger partial charge in [-0.25, -0.2) is 4.98 Å². The van der Waals surface area contributed by atoms with Gasteiger partial charge in [0.1, 0.15) is 5.82 Å². The summed E-state index contributed by atoms with van der Waals surface area (Å²) in [5, 5.41) is 4.28. The van der Waals surface area contributed by atoms with Crippen molar-refractivity contribution in [2.45, 2.75) is 32.2 Å². The zero-order valence-electron chi connectivity index (χ0n) is 9.89. The first-order valence-electron chi connectivity index (χ1n) is 6.13. The van der Waals surface area contributed by atoms with Gasteiger partial charge >= 0.3 is 0 Å². The fourth-order valence-corrected chi connectivity index (χ4v) is 2.57. The van der Waals surface area contributed by atoms with Crippen LogP contribution in [0.3, 0.4) is 0 Å². The molecule has 0 saturated carbocycles. The van der Waals surface area contributed by atoms with Gasteiger partial charge in [0.15, 0.2) is 0 Å². The maximum Gasteiger partial charge on any atom is 0.124 e. The second-order valence-corrected chi connectivity index (χ2v) is 5.15. The van der Waals surface area contributed by atoms with Crippen molar-refractivity contribution in [3.8, 4) is 0 Å². The SMILES string of the molecule is Cc1cc2[nH]c(C3CCCCN3)nc2cc1Cl. The number of rotatable bonds is 1. The van der Waals surface area contributed by atoms with Gasteiger partial charge in [-0.05, 0) is 44.0 Å². The standard InChI is InChI=1S/C13H16ClN3/c1-8-6-11-12(7-9(8)14)17-13(16-11)10-4-2-3-5-15-10/h6-7,10,15H,2-5H2,1H3,(H,16,17). The normalized spacial score (nSPS) is 20.9. The zero-order chi connectivity index (χ0) is 11.8. The highest BCUT2D eigenvalue weighted by atomic mass is 35.5. The highest BCUT2D eigenvalue weighted by Crippen LogP contribution is 2.26. The molecule has 4 heteroatoms. The molecule has 2 N–H and O–H groups in total. The molecule has 1 aromatic carbocycles. The number of aromatic nitrogens is 2. The van der Waals surface area contributed by atoms with Crippen LogP contribution in [0.1, 0.15) is 36.7 Å². The molecule has 0 aliphatic carbocycles. The second kappa shape index (κ2) is 4.31. The lowest BCUT2D eigenvalue weighted by atomic mass is 10.0. The summed E-state index contributed by atoms with van der Waals surface area (Å²) in [6.07, 6.45) is 3.70. The number of halogens is 1. The lowest BCUT2D eigenvalue weighted by molar-refractivity contribution is 0.400. The van der Waals surface area contributed by atoms with Crippen molar-refractivity contribution in [3.05, 3.63) is 28.5 Å². The lowest BCUT2D eigenvalue weighted by Gasteiger charge is -2.21. The number of benzene rings is 1. The first-order chi connectivity index (χ1) is 8.24. The van der Waals surface area contributed by atoms with Gasteiger partial charge < -0.3 is 10.3 Å². The van der Waals surface area contributed by atoms with Crippen molar-refractivity contribution in [2.24, 2.45) is 0 Å². The van der Waals surface area contributed by atoms with Crippen LogP contribution in [0.5, 0.6) is 0 Å². The van der Waals surface area contributed by atoms with Crippen LogP contribution in [0, 0.1) is 6.92 Å². The number of aromatic amines is 1. The fraction of sp³-hybridized carbons (Fsp3) is 0.462. The Kier molecular flexibility index (Phi) is 2.81. The highest BCUT2D eigenvalue weighted by Gasteiger charge is 2.18. The predicted octanol–water partition coefficient (Wildman–Crippen LogP) is 3.34. The first kappa shape index (κ1) is 11.1. The van der Waals surface area contributed by atoms with Crippen molar-refractivity contribution in [1.82, 2.24) is 15.3 Å².